The van der Waals surface area contributed by atoms with Crippen molar-refractivity contribution in [1.82, 2.24) is 10.6 Å². The zero-order chi connectivity index (χ0) is 13.7. The van der Waals surface area contributed by atoms with Crippen LogP contribution in [0.3, 0.4) is 0 Å². The molecule has 5 heteroatoms. The molecule has 1 aromatic carbocycles. The number of hydrogen-bond acceptors (Lipinski definition) is 3. The second-order valence-corrected chi connectivity index (χ2v) is 5.21. The topological polar surface area (TPSA) is 50.4 Å². The molecule has 0 radical (unpaired) electrons. The Kier molecular flexibility index (Phi) is 5.19. The predicted octanol–water partition coefficient (Wildman–Crippen LogP) is 1.90. The highest BCUT2D eigenvalue weighted by Gasteiger charge is 2.18. The van der Waals surface area contributed by atoms with Crippen molar-refractivity contribution in [3.05, 3.63) is 34.9 Å². The molecule has 0 aromatic heterocycles. The van der Waals surface area contributed by atoms with Crippen LogP contribution in [-0.4, -0.2) is 31.7 Å². The molecule has 1 amide bonds. The summed E-state index contributed by atoms with van der Waals surface area (Å²) < 4.78 is 5.33. The van der Waals surface area contributed by atoms with E-state index in [0.717, 1.165) is 18.7 Å². The third kappa shape index (κ3) is 4.49. The number of carbonyl (C=O) groups excluding carboxylic acids is 1. The number of ether oxygens (including phenoxy) is 1. The minimum Gasteiger partial charge on any atom is -0.378 e. The van der Waals surface area contributed by atoms with E-state index in [1.807, 2.05) is 31.2 Å². The van der Waals surface area contributed by atoms with Crippen LogP contribution < -0.4 is 10.6 Å². The molecule has 2 N–H and O–H groups in total. The highest BCUT2D eigenvalue weighted by Crippen LogP contribution is 2.16. The van der Waals surface area contributed by atoms with E-state index in [4.69, 9.17) is 16.3 Å². The molecule has 4 nitrogen and oxygen atoms in total. The van der Waals surface area contributed by atoms with Gasteiger partial charge in [0.25, 0.3) is 0 Å². The lowest BCUT2D eigenvalue weighted by atomic mass is 10.1. The van der Waals surface area contributed by atoms with Gasteiger partial charge in [-0.2, -0.15) is 0 Å². The molecule has 1 unspecified atom stereocenters. The number of carbonyl (C=O) groups is 1. The molecule has 0 aliphatic carbocycles. The van der Waals surface area contributed by atoms with Crippen molar-refractivity contribution in [2.24, 2.45) is 0 Å². The maximum Gasteiger partial charge on any atom is 0.222 e. The van der Waals surface area contributed by atoms with Crippen LogP contribution >= 0.6 is 11.6 Å². The molecule has 1 heterocycles. The Morgan fingerprint density at radius 1 is 1.53 bits per heavy atom. The Bertz CT molecular complexity index is 416. The van der Waals surface area contributed by atoms with Gasteiger partial charge in [-0.1, -0.05) is 23.7 Å². The van der Waals surface area contributed by atoms with Crippen LogP contribution in [0.4, 0.5) is 0 Å². The summed E-state index contributed by atoms with van der Waals surface area (Å²) in [5, 5.41) is 6.95. The maximum atomic E-state index is 11.9. The summed E-state index contributed by atoms with van der Waals surface area (Å²) in [5.41, 5.74) is 1.05. The first-order valence-electron chi connectivity index (χ1n) is 6.51. The average molecular weight is 283 g/mol. The fraction of sp³-hybridized carbons (Fsp3) is 0.500. The minimum absolute atomic E-state index is 0.0192. The number of amides is 1. The third-order valence-corrected chi connectivity index (χ3v) is 3.43. The highest BCUT2D eigenvalue weighted by atomic mass is 35.5. The Morgan fingerprint density at radius 3 is 2.89 bits per heavy atom. The molecular formula is C14H19ClN2O2. The van der Waals surface area contributed by atoms with Gasteiger partial charge in [-0.05, 0) is 24.6 Å². The first kappa shape index (κ1) is 14.3. The zero-order valence-corrected chi connectivity index (χ0v) is 11.7. The van der Waals surface area contributed by atoms with E-state index in [2.05, 4.69) is 10.6 Å². The molecule has 0 saturated carbocycles. The third-order valence-electron chi connectivity index (χ3n) is 3.18. The average Bonchev–Trinajstić information content (AvgIpc) is 2.40. The molecule has 2 rings (SSSR count). The Morgan fingerprint density at radius 2 is 2.26 bits per heavy atom. The molecule has 1 aliphatic rings. The molecule has 1 aromatic rings. The van der Waals surface area contributed by atoms with Gasteiger partial charge in [0.1, 0.15) is 0 Å². The van der Waals surface area contributed by atoms with Crippen molar-refractivity contribution < 1.29 is 9.53 Å². The maximum absolute atomic E-state index is 11.9. The largest absolute Gasteiger partial charge is 0.378 e. The molecule has 1 saturated heterocycles. The summed E-state index contributed by atoms with van der Waals surface area (Å²) in [6.07, 6.45) is 0.442. The molecule has 2 atom stereocenters. The van der Waals surface area contributed by atoms with Crippen LogP contribution in [0.15, 0.2) is 24.3 Å². The van der Waals surface area contributed by atoms with Gasteiger partial charge >= 0.3 is 0 Å². The summed E-state index contributed by atoms with van der Waals surface area (Å²) in [6.45, 7) is 4.10. The fourth-order valence-corrected chi connectivity index (χ4v) is 2.24. The lowest BCUT2D eigenvalue weighted by Gasteiger charge is -2.24. The summed E-state index contributed by atoms with van der Waals surface area (Å²) in [6, 6.07) is 7.61. The van der Waals surface area contributed by atoms with Crippen molar-refractivity contribution in [2.45, 2.75) is 25.4 Å². The van der Waals surface area contributed by atoms with Gasteiger partial charge < -0.3 is 15.4 Å². The molecule has 1 fully saturated rings. The van der Waals surface area contributed by atoms with Crippen molar-refractivity contribution in [3.63, 3.8) is 0 Å². The first-order valence-corrected chi connectivity index (χ1v) is 6.89. The summed E-state index contributed by atoms with van der Waals surface area (Å²) in [7, 11) is 0. The Labute approximate surface area is 118 Å². The molecule has 0 spiro atoms. The summed E-state index contributed by atoms with van der Waals surface area (Å²) in [4.78, 5) is 11.9. The van der Waals surface area contributed by atoms with E-state index >= 15 is 0 Å². The van der Waals surface area contributed by atoms with Crippen molar-refractivity contribution in [3.8, 4) is 0 Å². The van der Waals surface area contributed by atoms with Crippen molar-refractivity contribution in [1.29, 1.82) is 0 Å². The number of rotatable bonds is 4. The van der Waals surface area contributed by atoms with E-state index in [-0.39, 0.29) is 18.0 Å². The van der Waals surface area contributed by atoms with Crippen molar-refractivity contribution >= 4 is 17.5 Å². The molecule has 1 aliphatic heterocycles. The van der Waals surface area contributed by atoms with Crippen LogP contribution in [0, 0.1) is 0 Å². The van der Waals surface area contributed by atoms with Gasteiger partial charge in [-0.15, -0.1) is 0 Å². The van der Waals surface area contributed by atoms with Gasteiger partial charge in [0.2, 0.25) is 5.91 Å². The van der Waals surface area contributed by atoms with Gasteiger partial charge in [0.05, 0.1) is 19.3 Å². The minimum atomic E-state index is -0.0192. The van der Waals surface area contributed by atoms with E-state index in [1.165, 1.54) is 0 Å². The summed E-state index contributed by atoms with van der Waals surface area (Å²) >= 11 is 5.84. The van der Waals surface area contributed by atoms with E-state index in [9.17, 15) is 4.79 Å². The van der Waals surface area contributed by atoms with Gasteiger partial charge in [0, 0.05) is 24.0 Å². The molecule has 0 bridgehead atoms. The number of morpholine rings is 1. The zero-order valence-electron chi connectivity index (χ0n) is 11.0. The summed E-state index contributed by atoms with van der Waals surface area (Å²) in [5.74, 6) is 0.0328. The van der Waals surface area contributed by atoms with Crippen LogP contribution in [0.1, 0.15) is 24.9 Å². The SMILES string of the molecule is C[C@@H](NC(=O)CC1COCCN1)c1ccc(Cl)cc1. The standard InChI is InChI=1S/C14H19ClN2O2/c1-10(11-2-4-12(15)5-3-11)17-14(18)8-13-9-19-7-6-16-13/h2-5,10,13,16H,6-9H2,1H3,(H,17,18)/t10-,13?/m1/s1. The number of nitrogens with one attached hydrogen (secondary N) is 2. The monoisotopic (exact) mass is 282 g/mol. The lowest BCUT2D eigenvalue weighted by molar-refractivity contribution is -0.122. The fourth-order valence-electron chi connectivity index (χ4n) is 2.11. The van der Waals surface area contributed by atoms with Crippen LogP contribution in [0.2, 0.25) is 5.02 Å². The van der Waals surface area contributed by atoms with Gasteiger partial charge in [0.15, 0.2) is 0 Å². The Balaban J connectivity index is 1.82. The van der Waals surface area contributed by atoms with E-state index in [0.29, 0.717) is 18.1 Å². The normalized spacial score (nSPS) is 20.8. The quantitative estimate of drug-likeness (QED) is 0.887. The molecular weight excluding hydrogens is 264 g/mol. The van der Waals surface area contributed by atoms with Crippen LogP contribution in [-0.2, 0) is 9.53 Å². The van der Waals surface area contributed by atoms with E-state index < -0.39 is 0 Å². The predicted molar refractivity (Wildman–Crippen MR) is 75.2 cm³/mol. The van der Waals surface area contributed by atoms with Crippen LogP contribution in [0.5, 0.6) is 0 Å². The first-order chi connectivity index (χ1) is 9.15. The second-order valence-electron chi connectivity index (χ2n) is 4.77. The number of benzene rings is 1. The second kappa shape index (κ2) is 6.89. The van der Waals surface area contributed by atoms with Crippen molar-refractivity contribution in [2.75, 3.05) is 19.8 Å². The molecule has 104 valence electrons. The highest BCUT2D eigenvalue weighted by molar-refractivity contribution is 6.30. The smallest absolute Gasteiger partial charge is 0.222 e. The molecule has 19 heavy (non-hydrogen) atoms. The van der Waals surface area contributed by atoms with E-state index in [1.54, 1.807) is 0 Å². The number of hydrogen-bond donors (Lipinski definition) is 2. The van der Waals surface area contributed by atoms with Gasteiger partial charge in [-0.25, -0.2) is 0 Å². The Hall–Kier alpha value is -1.10. The lowest BCUT2D eigenvalue weighted by Crippen LogP contribution is -2.44. The van der Waals surface area contributed by atoms with Gasteiger partial charge in [-0.3, -0.25) is 4.79 Å². The van der Waals surface area contributed by atoms with Crippen LogP contribution in [0.25, 0.3) is 0 Å². The number of halogens is 1.